The van der Waals surface area contributed by atoms with Crippen LogP contribution in [0.25, 0.3) is 22.4 Å². The lowest BCUT2D eigenvalue weighted by Crippen LogP contribution is -2.39. The summed E-state index contributed by atoms with van der Waals surface area (Å²) in [5.41, 5.74) is 1.96. The Balaban J connectivity index is 2.23. The minimum Gasteiger partial charge on any atom is -0.374 e. The van der Waals surface area contributed by atoms with E-state index in [0.29, 0.717) is 6.42 Å². The number of alkyl halides is 1. The van der Waals surface area contributed by atoms with Gasteiger partial charge in [-0.3, -0.25) is 0 Å². The van der Waals surface area contributed by atoms with Gasteiger partial charge in [-0.05, 0) is 43.2 Å². The molecule has 0 aliphatic heterocycles. The van der Waals surface area contributed by atoms with Gasteiger partial charge in [-0.15, -0.1) is 0 Å². The highest BCUT2D eigenvalue weighted by atomic mass is 79.9. The zero-order valence-electron chi connectivity index (χ0n) is 12.3. The third kappa shape index (κ3) is 2.47. The average molecular weight is 430 g/mol. The lowest BCUT2D eigenvalue weighted by Gasteiger charge is -2.28. The lowest BCUT2D eigenvalue weighted by atomic mass is 9.88. The van der Waals surface area contributed by atoms with Crippen molar-refractivity contribution in [2.45, 2.75) is 10.9 Å². The number of hydrogen-bond acceptors (Lipinski definition) is 1. The van der Waals surface area contributed by atoms with Crippen molar-refractivity contribution in [1.29, 1.82) is 0 Å². The standard InChI is InChI=1S/C20H14Br2O/c21-17-10-9-13-5-1-3-7-15(13)18(17)19-16-8-4-2-6-14(16)11-12-20(19,22)23/h1-11,23H,12H2. The van der Waals surface area contributed by atoms with Crippen LogP contribution < -0.4 is 10.4 Å². The van der Waals surface area contributed by atoms with E-state index in [-0.39, 0.29) is 0 Å². The van der Waals surface area contributed by atoms with Crippen LogP contribution in [0, 0.1) is 0 Å². The number of rotatable bonds is 1. The summed E-state index contributed by atoms with van der Waals surface area (Å²) in [4.78, 5) is 0. The van der Waals surface area contributed by atoms with Crippen LogP contribution in [0.1, 0.15) is 12.0 Å². The minimum absolute atomic E-state index is 0.537. The van der Waals surface area contributed by atoms with Crippen molar-refractivity contribution >= 4 is 54.3 Å². The van der Waals surface area contributed by atoms with Crippen LogP contribution in [0.15, 0.2) is 65.1 Å². The van der Waals surface area contributed by atoms with Crippen molar-refractivity contribution in [3.05, 3.63) is 81.1 Å². The Morgan fingerprint density at radius 1 is 0.913 bits per heavy atom. The lowest BCUT2D eigenvalue weighted by molar-refractivity contribution is 0.210. The molecule has 0 fully saturated rings. The first-order valence-corrected chi connectivity index (χ1v) is 9.05. The van der Waals surface area contributed by atoms with E-state index in [9.17, 15) is 5.11 Å². The minimum atomic E-state index is -1.08. The van der Waals surface area contributed by atoms with Crippen molar-refractivity contribution in [3.63, 3.8) is 0 Å². The molecule has 3 aromatic rings. The summed E-state index contributed by atoms with van der Waals surface area (Å²) in [5, 5.41) is 15.6. The van der Waals surface area contributed by atoms with Crippen LogP contribution in [0.5, 0.6) is 0 Å². The Kier molecular flexibility index (Phi) is 3.67. The predicted octanol–water partition coefficient (Wildman–Crippen LogP) is 4.07. The molecule has 0 saturated carbocycles. The number of halogens is 2. The van der Waals surface area contributed by atoms with Crippen molar-refractivity contribution in [2.75, 3.05) is 0 Å². The van der Waals surface area contributed by atoms with Crippen molar-refractivity contribution in [3.8, 4) is 0 Å². The molecule has 0 radical (unpaired) electrons. The van der Waals surface area contributed by atoms with Gasteiger partial charge in [0.25, 0.3) is 0 Å². The Morgan fingerprint density at radius 2 is 1.65 bits per heavy atom. The Hall–Kier alpha value is -1.42. The molecule has 0 aromatic heterocycles. The highest BCUT2D eigenvalue weighted by molar-refractivity contribution is 9.10. The molecule has 1 nitrogen and oxygen atoms in total. The van der Waals surface area contributed by atoms with Gasteiger partial charge < -0.3 is 5.11 Å². The molecule has 1 atom stereocenters. The summed E-state index contributed by atoms with van der Waals surface area (Å²) in [6.45, 7) is 0. The number of fused-ring (bicyclic) bond motifs is 2. The molecule has 23 heavy (non-hydrogen) atoms. The fourth-order valence-corrected chi connectivity index (χ4v) is 4.40. The highest BCUT2D eigenvalue weighted by Crippen LogP contribution is 2.41. The maximum atomic E-state index is 11.0. The van der Waals surface area contributed by atoms with Gasteiger partial charge in [0.1, 0.15) is 4.51 Å². The van der Waals surface area contributed by atoms with Gasteiger partial charge in [0.05, 0.1) is 0 Å². The molecule has 0 spiro atoms. The molecule has 0 amide bonds. The molecule has 0 bridgehead atoms. The van der Waals surface area contributed by atoms with E-state index in [1.165, 1.54) is 0 Å². The molecule has 4 rings (SSSR count). The van der Waals surface area contributed by atoms with Gasteiger partial charge in [0.15, 0.2) is 0 Å². The van der Waals surface area contributed by atoms with Crippen LogP contribution >= 0.6 is 31.9 Å². The fourth-order valence-electron chi connectivity index (χ4n) is 3.28. The molecule has 1 aliphatic carbocycles. The Bertz CT molecular complexity index is 1030. The molecule has 114 valence electrons. The normalized spacial score (nSPS) is 20.2. The molecule has 3 aromatic carbocycles. The third-order valence-electron chi connectivity index (χ3n) is 4.33. The Morgan fingerprint density at radius 3 is 2.52 bits per heavy atom. The van der Waals surface area contributed by atoms with Gasteiger partial charge in [0, 0.05) is 22.0 Å². The second-order valence-corrected chi connectivity index (χ2v) is 7.94. The van der Waals surface area contributed by atoms with Crippen molar-refractivity contribution < 1.29 is 5.11 Å². The average Bonchev–Trinajstić information content (AvgIpc) is 2.56. The van der Waals surface area contributed by atoms with E-state index in [4.69, 9.17) is 0 Å². The fraction of sp³-hybridized carbons (Fsp3) is 0.100. The zero-order chi connectivity index (χ0) is 16.0. The van der Waals surface area contributed by atoms with Gasteiger partial charge in [-0.2, -0.15) is 0 Å². The monoisotopic (exact) mass is 428 g/mol. The van der Waals surface area contributed by atoms with Crippen LogP contribution in [-0.4, -0.2) is 9.62 Å². The summed E-state index contributed by atoms with van der Waals surface area (Å²) in [7, 11) is 0. The third-order valence-corrected chi connectivity index (χ3v) is 5.71. The molecule has 3 heteroatoms. The van der Waals surface area contributed by atoms with E-state index in [2.05, 4.69) is 74.3 Å². The van der Waals surface area contributed by atoms with Crippen LogP contribution in [0.3, 0.4) is 0 Å². The number of benzene rings is 3. The predicted molar refractivity (Wildman–Crippen MR) is 103 cm³/mol. The molecular formula is C20H14Br2O. The topological polar surface area (TPSA) is 20.2 Å². The first-order chi connectivity index (χ1) is 11.1. The van der Waals surface area contributed by atoms with Crippen molar-refractivity contribution in [1.82, 2.24) is 0 Å². The van der Waals surface area contributed by atoms with E-state index in [0.717, 1.165) is 36.8 Å². The summed E-state index contributed by atoms with van der Waals surface area (Å²) >= 11 is 7.25. The second-order valence-electron chi connectivity index (χ2n) is 5.77. The van der Waals surface area contributed by atoms with Gasteiger partial charge in [0.2, 0.25) is 0 Å². The van der Waals surface area contributed by atoms with E-state index in [1.54, 1.807) is 0 Å². The maximum absolute atomic E-state index is 11.0. The summed E-state index contributed by atoms with van der Waals surface area (Å²) in [6, 6.07) is 20.6. The van der Waals surface area contributed by atoms with Crippen molar-refractivity contribution in [2.24, 2.45) is 0 Å². The van der Waals surface area contributed by atoms with Crippen LogP contribution in [0.2, 0.25) is 0 Å². The molecule has 1 unspecified atom stereocenters. The van der Waals surface area contributed by atoms with E-state index < -0.39 is 4.51 Å². The second kappa shape index (κ2) is 5.59. The van der Waals surface area contributed by atoms with Gasteiger partial charge in [-0.1, -0.05) is 76.6 Å². The zero-order valence-corrected chi connectivity index (χ0v) is 15.4. The van der Waals surface area contributed by atoms with E-state index in [1.807, 2.05) is 24.3 Å². The van der Waals surface area contributed by atoms with Crippen LogP contribution in [0.4, 0.5) is 0 Å². The smallest absolute Gasteiger partial charge is 0.149 e. The quantitative estimate of drug-likeness (QED) is 0.578. The van der Waals surface area contributed by atoms with Gasteiger partial charge >= 0.3 is 0 Å². The SMILES string of the molecule is OC1(Br)CC=c2ccccc2=C1c1c(Br)ccc2ccccc12. The first-order valence-electron chi connectivity index (χ1n) is 7.47. The molecule has 0 saturated heterocycles. The molecular weight excluding hydrogens is 416 g/mol. The summed E-state index contributed by atoms with van der Waals surface area (Å²) in [6.07, 6.45) is 2.61. The number of hydrogen-bond donors (Lipinski definition) is 1. The molecule has 1 aliphatic rings. The number of aliphatic hydroxyl groups is 1. The van der Waals surface area contributed by atoms with E-state index >= 15 is 0 Å². The summed E-state index contributed by atoms with van der Waals surface area (Å²) < 4.78 is -0.0886. The first kappa shape index (κ1) is 15.1. The highest BCUT2D eigenvalue weighted by Gasteiger charge is 2.33. The largest absolute Gasteiger partial charge is 0.374 e. The van der Waals surface area contributed by atoms with Gasteiger partial charge in [-0.25, -0.2) is 0 Å². The van der Waals surface area contributed by atoms with Crippen LogP contribution in [-0.2, 0) is 0 Å². The molecule has 1 N–H and O–H groups in total. The molecule has 0 heterocycles. The summed E-state index contributed by atoms with van der Waals surface area (Å²) in [5.74, 6) is 0. The Labute approximate surface area is 151 Å². The maximum Gasteiger partial charge on any atom is 0.149 e.